The predicted molar refractivity (Wildman–Crippen MR) is 109 cm³/mol. The van der Waals surface area contributed by atoms with Gasteiger partial charge in [-0.1, -0.05) is 27.7 Å². The van der Waals surface area contributed by atoms with E-state index in [-0.39, 0.29) is 29.0 Å². The lowest BCUT2D eigenvalue weighted by molar-refractivity contribution is -0.914. The van der Waals surface area contributed by atoms with Gasteiger partial charge in [-0.25, -0.2) is 8.42 Å². The van der Waals surface area contributed by atoms with Crippen LogP contribution >= 0.6 is 0 Å². The molecule has 29 heavy (non-hydrogen) atoms. The van der Waals surface area contributed by atoms with Crippen molar-refractivity contribution in [2.24, 2.45) is 5.92 Å². The van der Waals surface area contributed by atoms with Crippen LogP contribution in [0.3, 0.4) is 0 Å². The second-order valence-electron chi connectivity index (χ2n) is 7.58. The first-order chi connectivity index (χ1) is 13.7. The Morgan fingerprint density at radius 1 is 1.34 bits per heavy atom. The maximum atomic E-state index is 12.6. The van der Waals surface area contributed by atoms with Crippen molar-refractivity contribution in [3.63, 3.8) is 0 Å². The number of hydrogen-bond acceptors (Lipinski definition) is 6. The number of benzene rings is 1. The summed E-state index contributed by atoms with van der Waals surface area (Å²) in [5, 5.41) is 11.5. The predicted octanol–water partition coefficient (Wildman–Crippen LogP) is 0.944. The standard InChI is InChI=1S/C19H31N3O6S/c1-5-21(6-2)29(25,26)17-7-8-19(18(11-17)22(23)24)28-14-16-13-20(9-10-27-16)12-15(3)4/h7-8,11,15-16H,5-6,9-10,12-14H2,1-4H3/p+1/t16-/m1/s1. The molecule has 0 spiro atoms. The summed E-state index contributed by atoms with van der Waals surface area (Å²) in [7, 11) is -3.78. The first kappa shape index (κ1) is 23.5. The molecule has 10 heteroatoms. The van der Waals surface area contributed by atoms with Gasteiger partial charge in [0.15, 0.2) is 5.75 Å². The Morgan fingerprint density at radius 2 is 2.03 bits per heavy atom. The summed E-state index contributed by atoms with van der Waals surface area (Å²) in [6.07, 6.45) is -0.156. The van der Waals surface area contributed by atoms with E-state index in [2.05, 4.69) is 13.8 Å². The molecule has 164 valence electrons. The summed E-state index contributed by atoms with van der Waals surface area (Å²) in [6.45, 7) is 11.9. The third-order valence-corrected chi connectivity index (χ3v) is 6.96. The lowest BCUT2D eigenvalue weighted by atomic mass is 10.2. The van der Waals surface area contributed by atoms with E-state index in [1.807, 2.05) is 0 Å². The van der Waals surface area contributed by atoms with Gasteiger partial charge in [0.2, 0.25) is 10.0 Å². The zero-order valence-corrected chi connectivity index (χ0v) is 18.4. The number of hydrogen-bond donors (Lipinski definition) is 1. The third kappa shape index (κ3) is 6.11. The average Bonchev–Trinajstić information content (AvgIpc) is 2.66. The highest BCUT2D eigenvalue weighted by molar-refractivity contribution is 7.89. The second kappa shape index (κ2) is 10.3. The minimum Gasteiger partial charge on any atom is -0.484 e. The van der Waals surface area contributed by atoms with Crippen molar-refractivity contribution in [1.82, 2.24) is 4.31 Å². The van der Waals surface area contributed by atoms with E-state index < -0.39 is 14.9 Å². The smallest absolute Gasteiger partial charge is 0.312 e. The van der Waals surface area contributed by atoms with Crippen LogP contribution in [0.2, 0.25) is 0 Å². The van der Waals surface area contributed by atoms with E-state index >= 15 is 0 Å². The summed E-state index contributed by atoms with van der Waals surface area (Å²) in [4.78, 5) is 12.2. The van der Waals surface area contributed by atoms with Crippen LogP contribution < -0.4 is 9.64 Å². The Morgan fingerprint density at radius 3 is 2.62 bits per heavy atom. The van der Waals surface area contributed by atoms with Gasteiger partial charge in [0.25, 0.3) is 0 Å². The number of sulfonamides is 1. The van der Waals surface area contributed by atoms with E-state index in [0.717, 1.165) is 25.7 Å². The molecule has 1 aromatic carbocycles. The molecule has 0 saturated carbocycles. The van der Waals surface area contributed by atoms with Crippen LogP contribution in [-0.4, -0.2) is 69.7 Å². The number of morpholine rings is 1. The number of nitro benzene ring substituents is 1. The number of nitrogens with one attached hydrogen (secondary N) is 1. The van der Waals surface area contributed by atoms with Gasteiger partial charge in [-0.3, -0.25) is 10.1 Å². The fourth-order valence-corrected chi connectivity index (χ4v) is 5.02. The van der Waals surface area contributed by atoms with Gasteiger partial charge in [-0.05, 0) is 12.1 Å². The highest BCUT2D eigenvalue weighted by Gasteiger charge is 2.28. The van der Waals surface area contributed by atoms with Gasteiger partial charge < -0.3 is 14.4 Å². The van der Waals surface area contributed by atoms with Crippen molar-refractivity contribution in [3.05, 3.63) is 28.3 Å². The Labute approximate surface area is 172 Å². The monoisotopic (exact) mass is 430 g/mol. The van der Waals surface area contributed by atoms with Gasteiger partial charge in [0.05, 0.1) is 23.0 Å². The maximum absolute atomic E-state index is 12.6. The topological polar surface area (TPSA) is 103 Å². The van der Waals surface area contributed by atoms with Gasteiger partial charge in [-0.2, -0.15) is 4.31 Å². The molecular formula is C19H32N3O6S+. The number of rotatable bonds is 10. The molecule has 1 aliphatic heterocycles. The Balaban J connectivity index is 2.14. The molecule has 9 nitrogen and oxygen atoms in total. The molecule has 2 rings (SSSR count). The summed E-state index contributed by atoms with van der Waals surface area (Å²) < 4.78 is 38.0. The highest BCUT2D eigenvalue weighted by Crippen LogP contribution is 2.31. The molecule has 0 radical (unpaired) electrons. The molecule has 1 aromatic rings. The molecule has 1 unspecified atom stereocenters. The van der Waals surface area contributed by atoms with E-state index in [1.165, 1.54) is 21.3 Å². The summed E-state index contributed by atoms with van der Waals surface area (Å²) in [5.74, 6) is 0.624. The molecule has 2 atom stereocenters. The molecule has 1 saturated heterocycles. The first-order valence-corrected chi connectivity index (χ1v) is 11.5. The number of ether oxygens (including phenoxy) is 2. The first-order valence-electron chi connectivity index (χ1n) is 10.1. The van der Waals surface area contributed by atoms with Crippen molar-refractivity contribution in [2.75, 3.05) is 45.9 Å². The lowest BCUT2D eigenvalue weighted by Gasteiger charge is -2.31. The number of quaternary nitrogens is 1. The quantitative estimate of drug-likeness (QED) is 0.438. The molecule has 1 N–H and O–H groups in total. The third-order valence-electron chi connectivity index (χ3n) is 4.92. The fourth-order valence-electron chi connectivity index (χ4n) is 3.54. The van der Waals surface area contributed by atoms with Crippen molar-refractivity contribution < 1.29 is 27.7 Å². The molecule has 0 aromatic heterocycles. The van der Waals surface area contributed by atoms with Crippen LogP contribution in [0.5, 0.6) is 5.75 Å². The molecule has 0 aliphatic carbocycles. The highest BCUT2D eigenvalue weighted by atomic mass is 32.2. The number of nitro groups is 1. The molecule has 1 aliphatic rings. The SMILES string of the molecule is CCN(CC)S(=O)(=O)c1ccc(OC[C@H]2C[NH+](CC(C)C)CCO2)c([N+](=O)[O-])c1. The van der Waals surface area contributed by atoms with Gasteiger partial charge >= 0.3 is 5.69 Å². The van der Waals surface area contributed by atoms with Crippen LogP contribution in [0.4, 0.5) is 5.69 Å². The van der Waals surface area contributed by atoms with Crippen molar-refractivity contribution in [1.29, 1.82) is 0 Å². The van der Waals surface area contributed by atoms with Crippen molar-refractivity contribution >= 4 is 15.7 Å². The summed E-state index contributed by atoms with van der Waals surface area (Å²) >= 11 is 0. The summed E-state index contributed by atoms with van der Waals surface area (Å²) in [6, 6.07) is 3.78. The van der Waals surface area contributed by atoms with Crippen molar-refractivity contribution in [2.45, 2.75) is 38.7 Å². The Bertz CT molecular complexity index is 795. The van der Waals surface area contributed by atoms with Gasteiger partial charge in [0.1, 0.15) is 25.8 Å². The van der Waals surface area contributed by atoms with Gasteiger partial charge in [-0.15, -0.1) is 0 Å². The molecular weight excluding hydrogens is 398 g/mol. The second-order valence-corrected chi connectivity index (χ2v) is 9.52. The normalized spacial score (nSPS) is 20.2. The zero-order chi connectivity index (χ0) is 21.6. The largest absolute Gasteiger partial charge is 0.484 e. The zero-order valence-electron chi connectivity index (χ0n) is 17.6. The Kier molecular flexibility index (Phi) is 8.38. The van der Waals surface area contributed by atoms with Crippen LogP contribution in [0.25, 0.3) is 0 Å². The van der Waals surface area contributed by atoms with Crippen LogP contribution in [0, 0.1) is 16.0 Å². The van der Waals surface area contributed by atoms with Crippen molar-refractivity contribution in [3.8, 4) is 5.75 Å². The lowest BCUT2D eigenvalue weighted by Crippen LogP contribution is -3.15. The average molecular weight is 431 g/mol. The molecule has 0 bridgehead atoms. The molecule has 0 amide bonds. The van der Waals surface area contributed by atoms with Crippen LogP contribution in [0.15, 0.2) is 23.1 Å². The maximum Gasteiger partial charge on any atom is 0.312 e. The molecule has 1 fully saturated rings. The van der Waals surface area contributed by atoms with E-state index in [1.54, 1.807) is 13.8 Å². The summed E-state index contributed by atoms with van der Waals surface area (Å²) in [5.41, 5.74) is -0.361. The molecule has 1 heterocycles. The fraction of sp³-hybridized carbons (Fsp3) is 0.684. The van der Waals surface area contributed by atoms with Gasteiger partial charge in [0, 0.05) is 25.1 Å². The Hall–Kier alpha value is -1.75. The van der Waals surface area contributed by atoms with E-state index in [9.17, 15) is 18.5 Å². The minimum atomic E-state index is -3.78. The van der Waals surface area contributed by atoms with E-state index in [4.69, 9.17) is 9.47 Å². The van der Waals surface area contributed by atoms with E-state index in [0.29, 0.717) is 25.6 Å². The van der Waals surface area contributed by atoms with Crippen LogP contribution in [-0.2, 0) is 14.8 Å². The number of nitrogens with zero attached hydrogens (tertiary/aromatic N) is 2. The van der Waals surface area contributed by atoms with Crippen LogP contribution in [0.1, 0.15) is 27.7 Å². The minimum absolute atomic E-state index is 0.0491.